The number of nitrogens with one attached hydrogen (secondary N) is 1. The SMILES string of the molecule is CC1(C)OB(c2ccc(NS(=O)(=O)Cc3ccccc3)c(F)c2F)OC1(C)C. The average molecular weight is 409 g/mol. The third-order valence-corrected chi connectivity index (χ3v) is 6.33. The highest BCUT2D eigenvalue weighted by atomic mass is 32.2. The number of rotatable bonds is 5. The molecule has 28 heavy (non-hydrogen) atoms. The van der Waals surface area contributed by atoms with Crippen molar-refractivity contribution in [2.24, 2.45) is 0 Å². The molecule has 2 aromatic rings. The summed E-state index contributed by atoms with van der Waals surface area (Å²) >= 11 is 0. The van der Waals surface area contributed by atoms with Crippen LogP contribution in [-0.2, 0) is 25.1 Å². The van der Waals surface area contributed by atoms with Gasteiger partial charge in [0.2, 0.25) is 10.0 Å². The Hall–Kier alpha value is -1.97. The zero-order chi connectivity index (χ0) is 20.7. The van der Waals surface area contributed by atoms with Crippen LogP contribution in [0.4, 0.5) is 14.5 Å². The Labute approximate surface area is 164 Å². The topological polar surface area (TPSA) is 64.6 Å². The summed E-state index contributed by atoms with van der Waals surface area (Å²) in [5, 5.41) is 0. The number of hydrogen-bond acceptors (Lipinski definition) is 4. The fourth-order valence-electron chi connectivity index (χ4n) is 2.79. The second kappa shape index (κ2) is 7.13. The van der Waals surface area contributed by atoms with Gasteiger partial charge in [-0.2, -0.15) is 0 Å². The van der Waals surface area contributed by atoms with Crippen LogP contribution in [0.1, 0.15) is 33.3 Å². The first-order valence-corrected chi connectivity index (χ1v) is 10.4. The normalized spacial score (nSPS) is 18.3. The van der Waals surface area contributed by atoms with Gasteiger partial charge < -0.3 is 9.31 Å². The Kier molecular flexibility index (Phi) is 5.29. The molecule has 0 amide bonds. The second-order valence-corrected chi connectivity index (χ2v) is 9.49. The fraction of sp³-hybridized carbons (Fsp3) is 0.368. The van der Waals surface area contributed by atoms with Gasteiger partial charge >= 0.3 is 7.12 Å². The highest BCUT2D eigenvalue weighted by Crippen LogP contribution is 2.37. The van der Waals surface area contributed by atoms with Crippen LogP contribution >= 0.6 is 0 Å². The van der Waals surface area contributed by atoms with E-state index in [1.165, 1.54) is 12.1 Å². The summed E-state index contributed by atoms with van der Waals surface area (Å²) in [5.74, 6) is -2.87. The van der Waals surface area contributed by atoms with Crippen molar-refractivity contribution in [3.63, 3.8) is 0 Å². The van der Waals surface area contributed by atoms with Crippen LogP contribution in [0.2, 0.25) is 0 Å². The van der Waals surface area contributed by atoms with E-state index in [9.17, 15) is 17.2 Å². The van der Waals surface area contributed by atoms with Crippen molar-refractivity contribution in [2.45, 2.75) is 44.6 Å². The van der Waals surface area contributed by atoms with E-state index in [4.69, 9.17) is 9.31 Å². The zero-order valence-corrected chi connectivity index (χ0v) is 16.9. The summed E-state index contributed by atoms with van der Waals surface area (Å²) in [7, 11) is -5.00. The highest BCUT2D eigenvalue weighted by Gasteiger charge is 2.52. The third-order valence-electron chi connectivity index (χ3n) is 5.08. The molecule has 9 heteroatoms. The lowest BCUT2D eigenvalue weighted by atomic mass is 9.78. The fourth-order valence-corrected chi connectivity index (χ4v) is 3.99. The van der Waals surface area contributed by atoms with Gasteiger partial charge in [0.25, 0.3) is 0 Å². The van der Waals surface area contributed by atoms with Crippen LogP contribution < -0.4 is 10.2 Å². The lowest BCUT2D eigenvalue weighted by molar-refractivity contribution is 0.00578. The van der Waals surface area contributed by atoms with E-state index >= 15 is 0 Å². The minimum Gasteiger partial charge on any atom is -0.399 e. The quantitative estimate of drug-likeness (QED) is 0.771. The van der Waals surface area contributed by atoms with Crippen molar-refractivity contribution in [1.29, 1.82) is 0 Å². The monoisotopic (exact) mass is 409 g/mol. The van der Waals surface area contributed by atoms with E-state index in [1.54, 1.807) is 58.0 Å². The third kappa shape index (κ3) is 4.06. The first kappa shape index (κ1) is 20.8. The summed E-state index contributed by atoms with van der Waals surface area (Å²) in [5.41, 5.74) is -1.48. The largest absolute Gasteiger partial charge is 0.497 e. The lowest BCUT2D eigenvalue weighted by Crippen LogP contribution is -2.41. The smallest absolute Gasteiger partial charge is 0.399 e. The van der Waals surface area contributed by atoms with Gasteiger partial charge in [0.15, 0.2) is 11.6 Å². The number of sulfonamides is 1. The predicted molar refractivity (Wildman–Crippen MR) is 105 cm³/mol. The van der Waals surface area contributed by atoms with Crippen LogP contribution in [-0.4, -0.2) is 26.7 Å². The van der Waals surface area contributed by atoms with E-state index in [0.29, 0.717) is 5.56 Å². The molecule has 0 atom stereocenters. The van der Waals surface area contributed by atoms with Gasteiger partial charge in [-0.25, -0.2) is 17.2 Å². The Morgan fingerprint density at radius 1 is 0.929 bits per heavy atom. The average Bonchev–Trinajstić information content (AvgIpc) is 2.80. The molecule has 1 heterocycles. The van der Waals surface area contributed by atoms with E-state index in [0.717, 1.165) is 0 Å². The van der Waals surface area contributed by atoms with Crippen molar-refractivity contribution in [3.8, 4) is 0 Å². The van der Waals surface area contributed by atoms with Crippen molar-refractivity contribution >= 4 is 28.3 Å². The van der Waals surface area contributed by atoms with Crippen LogP contribution in [0.25, 0.3) is 0 Å². The molecule has 5 nitrogen and oxygen atoms in total. The maximum Gasteiger partial charge on any atom is 0.497 e. The van der Waals surface area contributed by atoms with Crippen LogP contribution in [0.15, 0.2) is 42.5 Å². The Balaban J connectivity index is 1.83. The highest BCUT2D eigenvalue weighted by molar-refractivity contribution is 7.91. The minimum absolute atomic E-state index is 0.123. The lowest BCUT2D eigenvalue weighted by Gasteiger charge is -2.32. The van der Waals surface area contributed by atoms with Gasteiger partial charge in [-0.05, 0) is 39.3 Å². The van der Waals surface area contributed by atoms with E-state index in [2.05, 4.69) is 4.72 Å². The zero-order valence-electron chi connectivity index (χ0n) is 16.1. The van der Waals surface area contributed by atoms with Gasteiger partial charge in [-0.3, -0.25) is 4.72 Å². The number of anilines is 1. The van der Waals surface area contributed by atoms with Gasteiger partial charge in [0, 0.05) is 5.46 Å². The summed E-state index contributed by atoms with van der Waals surface area (Å²) in [4.78, 5) is 0. The van der Waals surface area contributed by atoms with Crippen LogP contribution in [0, 0.1) is 11.6 Å². The molecule has 0 aliphatic carbocycles. The van der Waals surface area contributed by atoms with Crippen molar-refractivity contribution in [2.75, 3.05) is 4.72 Å². The summed E-state index contributed by atoms with van der Waals surface area (Å²) in [6, 6.07) is 10.9. The predicted octanol–water partition coefficient (Wildman–Crippen LogP) is 3.21. The number of benzene rings is 2. The molecule has 1 fully saturated rings. The maximum atomic E-state index is 14.6. The van der Waals surface area contributed by atoms with Crippen LogP contribution in [0.3, 0.4) is 0 Å². The number of hydrogen-bond donors (Lipinski definition) is 1. The Morgan fingerprint density at radius 2 is 1.50 bits per heavy atom. The molecule has 0 aromatic heterocycles. The molecule has 0 saturated carbocycles. The molecule has 0 spiro atoms. The van der Waals surface area contributed by atoms with Gasteiger partial charge in [0.1, 0.15) is 0 Å². The van der Waals surface area contributed by atoms with E-state index in [-0.39, 0.29) is 11.2 Å². The van der Waals surface area contributed by atoms with Crippen molar-refractivity contribution < 1.29 is 26.5 Å². The molecular weight excluding hydrogens is 387 g/mol. The number of halogens is 2. The Bertz CT molecular complexity index is 965. The molecule has 1 saturated heterocycles. The standard InChI is InChI=1S/C19H22BF2NO4S/c1-18(2)19(3,4)27-20(26-18)14-10-11-15(17(22)16(14)21)23-28(24,25)12-13-8-6-5-7-9-13/h5-11,23H,12H2,1-4H3. The molecular formula is C19H22BF2NO4S. The molecule has 1 aliphatic rings. The second-order valence-electron chi connectivity index (χ2n) is 7.77. The molecule has 0 bridgehead atoms. The minimum atomic E-state index is -3.92. The molecule has 3 rings (SSSR count). The molecule has 1 N–H and O–H groups in total. The summed E-state index contributed by atoms with van der Waals surface area (Å²) in [6.07, 6.45) is 0. The molecule has 150 valence electrons. The first-order chi connectivity index (χ1) is 12.9. The van der Waals surface area contributed by atoms with Gasteiger partial charge in [-0.15, -0.1) is 0 Å². The summed E-state index contributed by atoms with van der Waals surface area (Å²) < 4.78 is 67.4. The summed E-state index contributed by atoms with van der Waals surface area (Å²) in [6.45, 7) is 7.20. The molecule has 1 aliphatic heterocycles. The van der Waals surface area contributed by atoms with Crippen molar-refractivity contribution in [1.82, 2.24) is 0 Å². The first-order valence-electron chi connectivity index (χ1n) is 8.80. The van der Waals surface area contributed by atoms with E-state index < -0.39 is 45.7 Å². The molecule has 2 aromatic carbocycles. The Morgan fingerprint density at radius 3 is 2.07 bits per heavy atom. The molecule has 0 unspecified atom stereocenters. The van der Waals surface area contributed by atoms with Gasteiger partial charge in [0.05, 0.1) is 22.6 Å². The maximum absolute atomic E-state index is 14.6. The van der Waals surface area contributed by atoms with Crippen molar-refractivity contribution in [3.05, 3.63) is 59.7 Å². The molecule has 0 radical (unpaired) electrons. The van der Waals surface area contributed by atoms with E-state index in [1.807, 2.05) is 0 Å². The van der Waals surface area contributed by atoms with Gasteiger partial charge in [-0.1, -0.05) is 36.4 Å². The van der Waals surface area contributed by atoms with Crippen LogP contribution in [0.5, 0.6) is 0 Å².